The van der Waals surface area contributed by atoms with Crippen molar-refractivity contribution in [2.45, 2.75) is 148 Å². The molecule has 0 aliphatic heterocycles. The number of hydrogen-bond donors (Lipinski definition) is 0. The Bertz CT molecular complexity index is 1380. The Morgan fingerprint density at radius 1 is 0.533 bits per heavy atom. The van der Waals surface area contributed by atoms with Gasteiger partial charge in [-0.15, -0.1) is 0 Å². The van der Waals surface area contributed by atoms with E-state index in [2.05, 4.69) is 117 Å². The lowest BCUT2D eigenvalue weighted by Gasteiger charge is -2.28. The van der Waals surface area contributed by atoms with Crippen LogP contribution in [-0.4, -0.2) is 70.0 Å². The lowest BCUT2D eigenvalue weighted by Crippen LogP contribution is -2.37. The minimum atomic E-state index is -4.66. The number of carbonyl (C=O) groups excluding carboxylic acids is 2. The van der Waals surface area contributed by atoms with Crippen LogP contribution in [-0.2, 0) is 32.7 Å². The number of hydrogen-bond acceptors (Lipinski definition) is 8. The van der Waals surface area contributed by atoms with Gasteiger partial charge in [0.25, 0.3) is 7.82 Å². The van der Waals surface area contributed by atoms with Crippen molar-refractivity contribution in [2.24, 2.45) is 0 Å². The quantitative estimate of drug-likeness (QED) is 0.0198. The molecule has 0 saturated heterocycles. The topological polar surface area (TPSA) is 111 Å². The first-order chi connectivity index (χ1) is 29.0. The van der Waals surface area contributed by atoms with Gasteiger partial charge in [0.2, 0.25) is 0 Å². The summed E-state index contributed by atoms with van der Waals surface area (Å²) in [6, 6.07) is 0. The van der Waals surface area contributed by atoms with Gasteiger partial charge in [0.15, 0.2) is 6.10 Å². The van der Waals surface area contributed by atoms with E-state index in [1.807, 2.05) is 27.2 Å². The normalized spacial score (nSPS) is 14.6. The van der Waals surface area contributed by atoms with Crippen molar-refractivity contribution in [2.75, 3.05) is 47.5 Å². The summed E-state index contributed by atoms with van der Waals surface area (Å²) < 4.78 is 33.8. The number of phosphoric ester groups is 1. The summed E-state index contributed by atoms with van der Waals surface area (Å²) in [5.74, 6) is -0.952. The van der Waals surface area contributed by atoms with Crippen molar-refractivity contribution < 1.29 is 42.1 Å². The Labute approximate surface area is 366 Å². The highest BCUT2D eigenvalue weighted by atomic mass is 31.2. The molecule has 60 heavy (non-hydrogen) atoms. The van der Waals surface area contributed by atoms with Gasteiger partial charge in [0.1, 0.15) is 19.8 Å². The number of carbonyl (C=O) groups is 2. The molecule has 0 radical (unpaired) electrons. The Morgan fingerprint density at radius 3 is 1.43 bits per heavy atom. The summed E-state index contributed by atoms with van der Waals surface area (Å²) in [6.45, 7) is 3.95. The number of quaternary nitrogens is 1. The molecule has 0 aliphatic rings. The molecule has 0 N–H and O–H groups in total. The molecule has 0 saturated carbocycles. The first-order valence-electron chi connectivity index (χ1n) is 22.6. The lowest BCUT2D eigenvalue weighted by molar-refractivity contribution is -0.870. The number of unbranched alkanes of at least 4 members (excludes halogenated alkanes) is 7. The molecule has 1 unspecified atom stereocenters. The number of likely N-dealkylation sites (N-methyl/N-ethyl adjacent to an activating group) is 1. The second kappa shape index (κ2) is 41.0. The Morgan fingerprint density at radius 2 is 0.967 bits per heavy atom. The summed E-state index contributed by atoms with van der Waals surface area (Å²) in [5, 5.41) is 0. The van der Waals surface area contributed by atoms with Gasteiger partial charge in [0.05, 0.1) is 27.7 Å². The summed E-state index contributed by atoms with van der Waals surface area (Å²) in [6.07, 6.45) is 55.5. The van der Waals surface area contributed by atoms with E-state index in [9.17, 15) is 19.0 Å². The molecule has 0 rings (SSSR count). The van der Waals surface area contributed by atoms with Crippen LogP contribution in [0.5, 0.6) is 0 Å². The lowest BCUT2D eigenvalue weighted by atomic mass is 10.1. The van der Waals surface area contributed by atoms with Crippen LogP contribution in [0.2, 0.25) is 0 Å². The van der Waals surface area contributed by atoms with Gasteiger partial charge in [-0.3, -0.25) is 14.2 Å². The van der Waals surface area contributed by atoms with E-state index in [4.69, 9.17) is 18.5 Å². The van der Waals surface area contributed by atoms with Crippen LogP contribution in [0.1, 0.15) is 142 Å². The van der Waals surface area contributed by atoms with Crippen molar-refractivity contribution in [1.29, 1.82) is 0 Å². The predicted molar refractivity (Wildman–Crippen MR) is 249 cm³/mol. The van der Waals surface area contributed by atoms with Crippen molar-refractivity contribution >= 4 is 19.8 Å². The van der Waals surface area contributed by atoms with E-state index >= 15 is 0 Å². The maximum absolute atomic E-state index is 12.7. The van der Waals surface area contributed by atoms with Crippen LogP contribution in [0.4, 0.5) is 0 Å². The molecule has 0 heterocycles. The molecule has 0 fully saturated rings. The minimum absolute atomic E-state index is 0.0536. The Kier molecular flexibility index (Phi) is 38.8. The van der Waals surface area contributed by atoms with Gasteiger partial charge in [-0.25, -0.2) is 0 Å². The van der Waals surface area contributed by atoms with E-state index in [0.717, 1.165) is 70.6 Å². The van der Waals surface area contributed by atoms with E-state index in [0.29, 0.717) is 30.3 Å². The maximum atomic E-state index is 12.7. The third-order valence-electron chi connectivity index (χ3n) is 8.78. The van der Waals surface area contributed by atoms with Gasteiger partial charge >= 0.3 is 11.9 Å². The van der Waals surface area contributed by atoms with Gasteiger partial charge in [-0.2, -0.15) is 0 Å². The van der Waals surface area contributed by atoms with E-state index < -0.39 is 32.5 Å². The van der Waals surface area contributed by atoms with Crippen LogP contribution in [0.15, 0.2) is 109 Å². The van der Waals surface area contributed by atoms with Gasteiger partial charge < -0.3 is 27.9 Å². The molecule has 0 bridgehead atoms. The van der Waals surface area contributed by atoms with Crippen LogP contribution in [0.3, 0.4) is 0 Å². The molecular weight excluding hydrogens is 774 g/mol. The second-order valence-electron chi connectivity index (χ2n) is 15.7. The third-order valence-corrected chi connectivity index (χ3v) is 9.74. The third kappa shape index (κ3) is 44.2. The van der Waals surface area contributed by atoms with Crippen LogP contribution in [0.25, 0.3) is 0 Å². The molecule has 10 heteroatoms. The van der Waals surface area contributed by atoms with Crippen molar-refractivity contribution in [3.63, 3.8) is 0 Å². The van der Waals surface area contributed by atoms with Crippen molar-refractivity contribution in [3.8, 4) is 0 Å². The fraction of sp³-hybridized carbons (Fsp3) is 0.600. The summed E-state index contributed by atoms with van der Waals surface area (Å²) in [5.41, 5.74) is 0. The predicted octanol–water partition coefficient (Wildman–Crippen LogP) is 12.5. The van der Waals surface area contributed by atoms with E-state index in [-0.39, 0.29) is 26.1 Å². The van der Waals surface area contributed by atoms with E-state index in [1.165, 1.54) is 25.7 Å². The van der Waals surface area contributed by atoms with Gasteiger partial charge in [-0.05, 0) is 96.3 Å². The Hall–Kier alpha value is -3.33. The minimum Gasteiger partial charge on any atom is -0.756 e. The number of allylic oxidation sites excluding steroid dienone is 18. The Balaban J connectivity index is 4.53. The summed E-state index contributed by atoms with van der Waals surface area (Å²) >= 11 is 0. The highest BCUT2D eigenvalue weighted by molar-refractivity contribution is 7.45. The maximum Gasteiger partial charge on any atom is 0.306 e. The van der Waals surface area contributed by atoms with Crippen LogP contribution >= 0.6 is 7.82 Å². The zero-order chi connectivity index (χ0) is 44.3. The van der Waals surface area contributed by atoms with Crippen LogP contribution < -0.4 is 4.89 Å². The molecule has 0 spiro atoms. The molecule has 0 aromatic heterocycles. The average Bonchev–Trinajstić information content (AvgIpc) is 3.20. The van der Waals surface area contributed by atoms with Crippen molar-refractivity contribution in [3.05, 3.63) is 109 Å². The zero-order valence-electron chi connectivity index (χ0n) is 38.1. The van der Waals surface area contributed by atoms with E-state index in [1.54, 1.807) is 0 Å². The van der Waals surface area contributed by atoms with Gasteiger partial charge in [0, 0.05) is 12.8 Å². The second-order valence-corrected chi connectivity index (χ2v) is 17.1. The molecular formula is C50H82NO8P. The SMILES string of the molecule is CC/C=C/C/C=C/C/C=C/C/C=C/C/C=C/CCCC(=O)O[C@H](COC(=O)CCCCC/C=C/C/C=C/C/C=C/C/C=C/CCCCC)COP(=O)([O-])OCC[N+](C)(C)C. The average molecular weight is 856 g/mol. The fourth-order valence-electron chi connectivity index (χ4n) is 5.26. The number of ether oxygens (including phenoxy) is 2. The number of rotatable bonds is 39. The molecule has 0 aromatic rings. The molecule has 340 valence electrons. The summed E-state index contributed by atoms with van der Waals surface area (Å²) in [7, 11) is 1.09. The number of phosphoric acid groups is 1. The van der Waals surface area contributed by atoms with Gasteiger partial charge in [-0.1, -0.05) is 142 Å². The molecule has 2 atom stereocenters. The zero-order valence-corrected chi connectivity index (χ0v) is 39.0. The number of esters is 2. The largest absolute Gasteiger partial charge is 0.756 e. The fourth-order valence-corrected chi connectivity index (χ4v) is 5.99. The standard InChI is InChI=1S/C50H82NO8P/c1-6-8-10-12-14-16-18-20-22-24-25-27-28-30-32-34-36-38-40-42-49(52)56-46-48(47-58-60(54,55)57-45-44-51(3,4)5)59-50(53)43-41-39-37-35-33-31-29-26-23-21-19-17-15-13-11-9-7-2/h9,11,14-17,20-23,25,27,29-32,35,37,48H,6-8,10,12-13,18-19,24,26,28,33-34,36,38-47H2,1-5H3/b11-9+,16-14+,17-15+,22-20+,23-21+,27-25+,31-29+,32-30+,37-35+/t48-/m1/s1. The first-order valence-corrected chi connectivity index (χ1v) is 24.1. The first kappa shape index (κ1) is 56.7. The van der Waals surface area contributed by atoms with Crippen molar-refractivity contribution in [1.82, 2.24) is 0 Å². The molecule has 9 nitrogen and oxygen atoms in total. The summed E-state index contributed by atoms with van der Waals surface area (Å²) in [4.78, 5) is 37.6. The smallest absolute Gasteiger partial charge is 0.306 e. The highest BCUT2D eigenvalue weighted by Crippen LogP contribution is 2.38. The molecule has 0 aliphatic carbocycles. The number of nitrogens with zero attached hydrogens (tertiary/aromatic N) is 1. The molecule has 0 aromatic carbocycles. The highest BCUT2D eigenvalue weighted by Gasteiger charge is 2.21. The monoisotopic (exact) mass is 856 g/mol. The molecule has 0 amide bonds. The van der Waals surface area contributed by atoms with Crippen LogP contribution in [0, 0.1) is 0 Å².